The Morgan fingerprint density at radius 3 is 2.59 bits per heavy atom. The summed E-state index contributed by atoms with van der Waals surface area (Å²) in [6.45, 7) is 0.589. The molecule has 1 saturated carbocycles. The molecule has 0 heterocycles. The van der Waals surface area contributed by atoms with Gasteiger partial charge in [-0.1, -0.05) is 28.8 Å². The van der Waals surface area contributed by atoms with E-state index in [1.807, 2.05) is 6.07 Å². The van der Waals surface area contributed by atoms with Crippen LogP contribution in [0, 0.1) is 0 Å². The van der Waals surface area contributed by atoms with Gasteiger partial charge in [-0.3, -0.25) is 0 Å². The standard InChI is InChI=1S/C13H18BrNO2/c1-17-12-10(16)5-4-9(14)11(12)13(8-15)6-2-3-7-13/h4-5,16H,2-3,6-8,15H2,1H3. The molecule has 0 amide bonds. The predicted octanol–water partition coefficient (Wildman–Crippen LogP) is 2.93. The summed E-state index contributed by atoms with van der Waals surface area (Å²) < 4.78 is 6.33. The molecule has 0 bridgehead atoms. The Morgan fingerprint density at radius 2 is 2.06 bits per heavy atom. The molecule has 0 unspecified atom stereocenters. The molecule has 0 atom stereocenters. The highest BCUT2D eigenvalue weighted by molar-refractivity contribution is 9.10. The summed E-state index contributed by atoms with van der Waals surface area (Å²) in [5, 5.41) is 9.90. The Hall–Kier alpha value is -0.740. The SMILES string of the molecule is COc1c(O)ccc(Br)c1C1(CN)CCCC1. The van der Waals surface area contributed by atoms with Gasteiger partial charge in [0.25, 0.3) is 0 Å². The first kappa shape index (κ1) is 12.7. The lowest BCUT2D eigenvalue weighted by atomic mass is 9.78. The number of phenols is 1. The van der Waals surface area contributed by atoms with E-state index in [0.29, 0.717) is 12.3 Å². The van der Waals surface area contributed by atoms with E-state index in [0.717, 1.165) is 22.9 Å². The molecule has 1 aliphatic rings. The third-order valence-corrected chi connectivity index (χ3v) is 4.43. The highest BCUT2D eigenvalue weighted by atomic mass is 79.9. The number of halogens is 1. The molecule has 3 N–H and O–H groups in total. The molecule has 1 aromatic rings. The molecular formula is C13H18BrNO2. The fraction of sp³-hybridized carbons (Fsp3) is 0.538. The van der Waals surface area contributed by atoms with Gasteiger partial charge in [0.2, 0.25) is 0 Å². The zero-order valence-electron chi connectivity index (χ0n) is 10.0. The maximum Gasteiger partial charge on any atom is 0.165 e. The second-order valence-electron chi connectivity index (χ2n) is 4.67. The zero-order chi connectivity index (χ0) is 12.5. The second-order valence-corrected chi connectivity index (χ2v) is 5.52. The van der Waals surface area contributed by atoms with Crippen LogP contribution >= 0.6 is 15.9 Å². The molecule has 1 aliphatic carbocycles. The van der Waals surface area contributed by atoms with Crippen molar-refractivity contribution < 1.29 is 9.84 Å². The van der Waals surface area contributed by atoms with Crippen molar-refractivity contribution in [1.29, 1.82) is 0 Å². The first-order chi connectivity index (χ1) is 8.14. The molecule has 0 aliphatic heterocycles. The molecular weight excluding hydrogens is 282 g/mol. The largest absolute Gasteiger partial charge is 0.504 e. The van der Waals surface area contributed by atoms with E-state index in [1.54, 1.807) is 13.2 Å². The van der Waals surface area contributed by atoms with Crippen molar-refractivity contribution in [3.8, 4) is 11.5 Å². The van der Waals surface area contributed by atoms with Crippen molar-refractivity contribution in [2.75, 3.05) is 13.7 Å². The Balaban J connectivity index is 2.60. The number of rotatable bonds is 3. The van der Waals surface area contributed by atoms with E-state index in [2.05, 4.69) is 15.9 Å². The molecule has 1 fully saturated rings. The van der Waals surface area contributed by atoms with E-state index >= 15 is 0 Å². The molecule has 4 heteroatoms. The highest BCUT2D eigenvalue weighted by Gasteiger charge is 2.38. The summed E-state index contributed by atoms with van der Waals surface area (Å²) in [7, 11) is 1.59. The summed E-state index contributed by atoms with van der Waals surface area (Å²) in [6, 6.07) is 3.51. The molecule has 1 aromatic carbocycles. The monoisotopic (exact) mass is 299 g/mol. The lowest BCUT2D eigenvalue weighted by Gasteiger charge is -2.30. The lowest BCUT2D eigenvalue weighted by molar-refractivity contribution is 0.348. The first-order valence-electron chi connectivity index (χ1n) is 5.90. The Labute approximate surface area is 110 Å². The molecule has 0 saturated heterocycles. The minimum atomic E-state index is -0.0527. The number of benzene rings is 1. The van der Waals surface area contributed by atoms with Crippen LogP contribution in [0.1, 0.15) is 31.2 Å². The summed E-state index contributed by atoms with van der Waals surface area (Å²) >= 11 is 3.56. The van der Waals surface area contributed by atoms with Crippen LogP contribution in [0.4, 0.5) is 0 Å². The molecule has 17 heavy (non-hydrogen) atoms. The maximum atomic E-state index is 9.90. The number of ether oxygens (including phenoxy) is 1. The van der Waals surface area contributed by atoms with Gasteiger partial charge in [0.1, 0.15) is 0 Å². The molecule has 0 radical (unpaired) electrons. The summed E-state index contributed by atoms with van der Waals surface area (Å²) in [4.78, 5) is 0. The van der Waals surface area contributed by atoms with E-state index in [1.165, 1.54) is 12.8 Å². The van der Waals surface area contributed by atoms with Gasteiger partial charge in [0.05, 0.1) is 7.11 Å². The van der Waals surface area contributed by atoms with Crippen molar-refractivity contribution in [3.05, 3.63) is 22.2 Å². The summed E-state index contributed by atoms with van der Waals surface area (Å²) in [5.74, 6) is 0.747. The normalized spacial score (nSPS) is 18.3. The lowest BCUT2D eigenvalue weighted by Crippen LogP contribution is -2.32. The van der Waals surface area contributed by atoms with E-state index in [4.69, 9.17) is 10.5 Å². The summed E-state index contributed by atoms with van der Waals surface area (Å²) in [6.07, 6.45) is 4.48. The topological polar surface area (TPSA) is 55.5 Å². The van der Waals surface area contributed by atoms with Crippen LogP contribution in [0.3, 0.4) is 0 Å². The Kier molecular flexibility index (Phi) is 3.64. The van der Waals surface area contributed by atoms with E-state index < -0.39 is 0 Å². The van der Waals surface area contributed by atoms with Gasteiger partial charge in [0, 0.05) is 22.0 Å². The number of hydrogen-bond donors (Lipinski definition) is 2. The van der Waals surface area contributed by atoms with Crippen LogP contribution in [0.5, 0.6) is 11.5 Å². The zero-order valence-corrected chi connectivity index (χ0v) is 11.6. The van der Waals surface area contributed by atoms with Crippen LogP contribution in [0.15, 0.2) is 16.6 Å². The third-order valence-electron chi connectivity index (χ3n) is 3.77. The van der Waals surface area contributed by atoms with Gasteiger partial charge in [-0.05, 0) is 25.0 Å². The van der Waals surface area contributed by atoms with Crippen molar-refractivity contribution in [1.82, 2.24) is 0 Å². The Morgan fingerprint density at radius 1 is 1.41 bits per heavy atom. The van der Waals surface area contributed by atoms with Gasteiger partial charge >= 0.3 is 0 Å². The fourth-order valence-corrected chi connectivity index (χ4v) is 3.59. The van der Waals surface area contributed by atoms with Crippen molar-refractivity contribution in [3.63, 3.8) is 0 Å². The van der Waals surface area contributed by atoms with E-state index in [9.17, 15) is 5.11 Å². The third kappa shape index (κ3) is 2.04. The highest BCUT2D eigenvalue weighted by Crippen LogP contribution is 2.49. The molecule has 0 spiro atoms. The quantitative estimate of drug-likeness (QED) is 0.902. The number of nitrogens with two attached hydrogens (primary N) is 1. The fourth-order valence-electron chi connectivity index (χ4n) is 2.86. The summed E-state index contributed by atoms with van der Waals surface area (Å²) in [5.41, 5.74) is 6.96. The first-order valence-corrected chi connectivity index (χ1v) is 6.70. The minimum Gasteiger partial charge on any atom is -0.504 e. The van der Waals surface area contributed by atoms with Crippen molar-refractivity contribution >= 4 is 15.9 Å². The van der Waals surface area contributed by atoms with Crippen LogP contribution < -0.4 is 10.5 Å². The van der Waals surface area contributed by atoms with Gasteiger partial charge in [-0.25, -0.2) is 0 Å². The van der Waals surface area contributed by atoms with E-state index in [-0.39, 0.29) is 11.2 Å². The molecule has 3 nitrogen and oxygen atoms in total. The average Bonchev–Trinajstić information content (AvgIpc) is 2.81. The van der Waals surface area contributed by atoms with Crippen molar-refractivity contribution in [2.45, 2.75) is 31.1 Å². The number of phenolic OH excluding ortho intramolecular Hbond substituents is 1. The van der Waals surface area contributed by atoms with Crippen LogP contribution in [0.2, 0.25) is 0 Å². The molecule has 2 rings (SSSR count). The number of methoxy groups -OCH3 is 1. The minimum absolute atomic E-state index is 0.0527. The van der Waals surface area contributed by atoms with Gasteiger partial charge in [-0.15, -0.1) is 0 Å². The van der Waals surface area contributed by atoms with Crippen molar-refractivity contribution in [2.24, 2.45) is 5.73 Å². The second kappa shape index (κ2) is 4.86. The van der Waals surface area contributed by atoms with Gasteiger partial charge in [0.15, 0.2) is 11.5 Å². The Bertz CT molecular complexity index is 414. The predicted molar refractivity (Wildman–Crippen MR) is 71.6 cm³/mol. The van der Waals surface area contributed by atoms with Gasteiger partial charge in [-0.2, -0.15) is 0 Å². The molecule has 94 valence electrons. The van der Waals surface area contributed by atoms with Crippen LogP contribution in [-0.2, 0) is 5.41 Å². The molecule has 0 aromatic heterocycles. The number of hydrogen-bond acceptors (Lipinski definition) is 3. The van der Waals surface area contributed by atoms with Crippen LogP contribution in [0.25, 0.3) is 0 Å². The number of aromatic hydroxyl groups is 1. The average molecular weight is 300 g/mol. The maximum absolute atomic E-state index is 9.90. The van der Waals surface area contributed by atoms with Gasteiger partial charge < -0.3 is 15.6 Å². The van der Waals surface area contributed by atoms with Crippen LogP contribution in [-0.4, -0.2) is 18.8 Å². The smallest absolute Gasteiger partial charge is 0.165 e.